The summed E-state index contributed by atoms with van der Waals surface area (Å²) >= 11 is 0. The van der Waals surface area contributed by atoms with Crippen molar-refractivity contribution >= 4 is 27.7 Å². The lowest BCUT2D eigenvalue weighted by molar-refractivity contribution is -0.162. The van der Waals surface area contributed by atoms with Crippen molar-refractivity contribution in [1.82, 2.24) is 0 Å². The number of ether oxygens (including phenoxy) is 3. The molecule has 1 aromatic rings. The van der Waals surface area contributed by atoms with Crippen molar-refractivity contribution in [3.63, 3.8) is 0 Å². The van der Waals surface area contributed by atoms with E-state index in [9.17, 15) is 22.8 Å². The van der Waals surface area contributed by atoms with Gasteiger partial charge in [0.2, 0.25) is 0 Å². The maximum absolute atomic E-state index is 12.8. The lowest BCUT2D eigenvalue weighted by Crippen LogP contribution is -2.39. The first-order valence-electron chi connectivity index (χ1n) is 7.99. The molecule has 0 fully saturated rings. The Kier molecular flexibility index (Phi) is 8.24. The Morgan fingerprint density at radius 1 is 0.923 bits per heavy atom. The molecule has 0 heterocycles. The van der Waals surface area contributed by atoms with Gasteiger partial charge in [-0.1, -0.05) is 18.2 Å². The summed E-state index contributed by atoms with van der Waals surface area (Å²) in [5.74, 6) is -4.55. The molecule has 0 aliphatic rings. The molecule has 0 aliphatic carbocycles. The van der Waals surface area contributed by atoms with Crippen LogP contribution < -0.4 is 0 Å². The highest BCUT2D eigenvalue weighted by Gasteiger charge is 2.42. The largest absolute Gasteiger partial charge is 0.468 e. The van der Waals surface area contributed by atoms with E-state index >= 15 is 0 Å². The van der Waals surface area contributed by atoms with Crippen LogP contribution >= 0.6 is 0 Å². The predicted octanol–water partition coefficient (Wildman–Crippen LogP) is 1.13. The molecule has 1 unspecified atom stereocenters. The molecule has 1 aromatic carbocycles. The average Bonchev–Trinajstić information content (AvgIpc) is 2.62. The second kappa shape index (κ2) is 9.91. The van der Waals surface area contributed by atoms with Crippen LogP contribution in [0.2, 0.25) is 0 Å². The normalized spacial score (nSPS) is 12.3. The minimum absolute atomic E-state index is 0.0108. The fourth-order valence-electron chi connectivity index (χ4n) is 2.24. The van der Waals surface area contributed by atoms with Crippen molar-refractivity contribution < 1.29 is 37.0 Å². The third-order valence-corrected chi connectivity index (χ3v) is 5.57. The van der Waals surface area contributed by atoms with Crippen LogP contribution in [0.1, 0.15) is 20.3 Å². The van der Waals surface area contributed by atoms with Crippen molar-refractivity contribution in [3.05, 3.63) is 30.3 Å². The minimum atomic E-state index is -4.19. The smallest absolute Gasteiger partial charge is 0.324 e. The van der Waals surface area contributed by atoms with Crippen molar-refractivity contribution in [2.24, 2.45) is 5.92 Å². The first-order chi connectivity index (χ1) is 12.3. The van der Waals surface area contributed by atoms with Gasteiger partial charge >= 0.3 is 17.9 Å². The molecule has 1 atom stereocenters. The zero-order chi connectivity index (χ0) is 19.7. The number of sulfone groups is 1. The summed E-state index contributed by atoms with van der Waals surface area (Å²) in [5.41, 5.74) is 0. The third kappa shape index (κ3) is 5.29. The van der Waals surface area contributed by atoms with Crippen molar-refractivity contribution in [2.75, 3.05) is 20.3 Å². The number of carbonyl (C=O) groups excluding carboxylic acids is 3. The number of esters is 3. The SMILES string of the molecule is CCOC(=O)C(CC(C(=O)OC)S(=O)(=O)c1ccccc1)C(=O)OCC. The monoisotopic (exact) mass is 386 g/mol. The zero-order valence-electron chi connectivity index (χ0n) is 14.8. The van der Waals surface area contributed by atoms with Gasteiger partial charge in [-0.05, 0) is 32.4 Å². The van der Waals surface area contributed by atoms with Gasteiger partial charge in [-0.15, -0.1) is 0 Å². The lowest BCUT2D eigenvalue weighted by atomic mass is 10.0. The van der Waals surface area contributed by atoms with Gasteiger partial charge < -0.3 is 14.2 Å². The van der Waals surface area contributed by atoms with Crippen LogP contribution in [-0.2, 0) is 38.4 Å². The summed E-state index contributed by atoms with van der Waals surface area (Å²) in [7, 11) is -3.17. The first-order valence-corrected chi connectivity index (χ1v) is 9.54. The summed E-state index contributed by atoms with van der Waals surface area (Å²) in [6, 6.07) is 7.24. The van der Waals surface area contributed by atoms with Gasteiger partial charge in [-0.25, -0.2) is 8.42 Å². The molecule has 0 saturated carbocycles. The molecule has 9 heteroatoms. The summed E-state index contributed by atoms with van der Waals surface area (Å²) in [4.78, 5) is 36.2. The van der Waals surface area contributed by atoms with Crippen LogP contribution in [-0.4, -0.2) is 51.9 Å². The second-order valence-corrected chi connectivity index (χ2v) is 7.29. The molecule has 0 radical (unpaired) electrons. The minimum Gasteiger partial charge on any atom is -0.468 e. The number of methoxy groups -OCH3 is 1. The third-order valence-electron chi connectivity index (χ3n) is 3.50. The maximum Gasteiger partial charge on any atom is 0.324 e. The van der Waals surface area contributed by atoms with E-state index in [0.29, 0.717) is 0 Å². The maximum atomic E-state index is 12.8. The molecule has 0 N–H and O–H groups in total. The highest BCUT2D eigenvalue weighted by molar-refractivity contribution is 7.92. The van der Waals surface area contributed by atoms with Crippen LogP contribution in [0.4, 0.5) is 0 Å². The zero-order valence-corrected chi connectivity index (χ0v) is 15.7. The standard InChI is InChI=1S/C17H22O8S/c1-4-24-15(18)13(16(19)25-5-2)11-14(17(20)23-3)26(21,22)12-9-7-6-8-10-12/h6-10,13-14H,4-5,11H2,1-3H3. The summed E-state index contributed by atoms with van der Waals surface area (Å²) in [6.07, 6.45) is -0.637. The summed E-state index contributed by atoms with van der Waals surface area (Å²) in [5, 5.41) is -1.76. The van der Waals surface area contributed by atoms with E-state index in [4.69, 9.17) is 9.47 Å². The van der Waals surface area contributed by atoms with E-state index in [1.54, 1.807) is 19.9 Å². The Labute approximate surface area is 152 Å². The van der Waals surface area contributed by atoms with E-state index in [1.165, 1.54) is 24.3 Å². The molecular weight excluding hydrogens is 364 g/mol. The Morgan fingerprint density at radius 2 is 1.42 bits per heavy atom. The van der Waals surface area contributed by atoms with Gasteiger partial charge in [0.25, 0.3) is 0 Å². The molecule has 8 nitrogen and oxygen atoms in total. The van der Waals surface area contributed by atoms with Gasteiger partial charge in [-0.2, -0.15) is 0 Å². The van der Waals surface area contributed by atoms with Gasteiger partial charge in [0.05, 0.1) is 25.2 Å². The quantitative estimate of drug-likeness (QED) is 0.353. The van der Waals surface area contributed by atoms with Crippen LogP contribution in [0.15, 0.2) is 35.2 Å². The molecule has 1 rings (SSSR count). The molecular formula is C17H22O8S. The highest BCUT2D eigenvalue weighted by atomic mass is 32.2. The number of benzene rings is 1. The predicted molar refractivity (Wildman–Crippen MR) is 90.8 cm³/mol. The number of hydrogen-bond donors (Lipinski definition) is 0. The number of hydrogen-bond acceptors (Lipinski definition) is 8. The first kappa shape index (κ1) is 21.6. The van der Waals surface area contributed by atoms with Gasteiger partial charge in [0, 0.05) is 0 Å². The highest BCUT2D eigenvalue weighted by Crippen LogP contribution is 2.24. The van der Waals surface area contributed by atoms with E-state index in [1.807, 2.05) is 0 Å². The van der Waals surface area contributed by atoms with Crippen molar-refractivity contribution in [1.29, 1.82) is 0 Å². The fourth-order valence-corrected chi connectivity index (χ4v) is 3.90. The molecule has 0 aliphatic heterocycles. The molecule has 0 aromatic heterocycles. The lowest BCUT2D eigenvalue weighted by Gasteiger charge is -2.20. The Hall–Kier alpha value is -2.42. The van der Waals surface area contributed by atoms with Crippen molar-refractivity contribution in [2.45, 2.75) is 30.4 Å². The van der Waals surface area contributed by atoms with Crippen LogP contribution in [0.5, 0.6) is 0 Å². The molecule has 0 amide bonds. The van der Waals surface area contributed by atoms with E-state index < -0.39 is 45.3 Å². The van der Waals surface area contributed by atoms with Crippen LogP contribution in [0, 0.1) is 5.92 Å². The van der Waals surface area contributed by atoms with Gasteiger partial charge in [0.15, 0.2) is 21.0 Å². The van der Waals surface area contributed by atoms with Gasteiger partial charge in [-0.3, -0.25) is 14.4 Å². The molecule has 0 spiro atoms. The van der Waals surface area contributed by atoms with Crippen molar-refractivity contribution in [3.8, 4) is 0 Å². The molecule has 0 saturated heterocycles. The van der Waals surface area contributed by atoms with Gasteiger partial charge in [0.1, 0.15) is 0 Å². The Morgan fingerprint density at radius 3 is 1.85 bits per heavy atom. The van der Waals surface area contributed by atoms with E-state index in [2.05, 4.69) is 4.74 Å². The number of rotatable bonds is 9. The van der Waals surface area contributed by atoms with Crippen LogP contribution in [0.3, 0.4) is 0 Å². The van der Waals surface area contributed by atoms with E-state index in [-0.39, 0.29) is 18.1 Å². The summed E-state index contributed by atoms with van der Waals surface area (Å²) in [6.45, 7) is 3.06. The fraction of sp³-hybridized carbons (Fsp3) is 0.471. The summed E-state index contributed by atoms with van der Waals surface area (Å²) < 4.78 is 39.9. The molecule has 26 heavy (non-hydrogen) atoms. The second-order valence-electron chi connectivity index (χ2n) is 5.16. The topological polar surface area (TPSA) is 113 Å². The Bertz CT molecular complexity index is 708. The van der Waals surface area contributed by atoms with E-state index in [0.717, 1.165) is 7.11 Å². The average molecular weight is 386 g/mol. The Balaban J connectivity index is 3.28. The molecule has 144 valence electrons. The van der Waals surface area contributed by atoms with Crippen LogP contribution in [0.25, 0.3) is 0 Å². The molecule has 0 bridgehead atoms. The number of carbonyl (C=O) groups is 3.